The van der Waals surface area contributed by atoms with E-state index in [9.17, 15) is 20.6 Å². The number of nitrogens with one attached hydrogen (secondary N) is 1. The summed E-state index contributed by atoms with van der Waals surface area (Å²) in [5.74, 6) is 1.49. The summed E-state index contributed by atoms with van der Waals surface area (Å²) >= 11 is 13.5. The van der Waals surface area contributed by atoms with Gasteiger partial charge in [0, 0.05) is 36.1 Å². The Hall–Kier alpha value is -3.36. The van der Waals surface area contributed by atoms with E-state index in [-0.39, 0.29) is 55.3 Å². The Balaban J connectivity index is 1.49. The molecule has 265 valence electrons. The van der Waals surface area contributed by atoms with Crippen molar-refractivity contribution >= 4 is 39.0 Å². The fourth-order valence-electron chi connectivity index (χ4n) is 4.96. The third-order valence-corrected chi connectivity index (χ3v) is 11.2. The Morgan fingerprint density at radius 1 is 0.880 bits per heavy atom. The van der Waals surface area contributed by atoms with Crippen molar-refractivity contribution in [2.45, 2.75) is 55.7 Å². The summed E-state index contributed by atoms with van der Waals surface area (Å²) in [6.45, 7) is 2.45. The molecule has 5 N–H and O–H groups in total. The van der Waals surface area contributed by atoms with Gasteiger partial charge in [0.25, 0.3) is 0 Å². The summed E-state index contributed by atoms with van der Waals surface area (Å²) in [7, 11) is 0. The fourth-order valence-corrected chi connectivity index (χ4v) is 7.48. The van der Waals surface area contributed by atoms with Crippen LogP contribution in [0.3, 0.4) is 0 Å². The second kappa shape index (κ2) is 20.5. The van der Waals surface area contributed by atoms with E-state index >= 15 is 0 Å². The second-order valence-electron chi connectivity index (χ2n) is 11.5. The molecule has 0 amide bonds. The molecular weight excluding hydrogens is 744 g/mol. The van der Waals surface area contributed by atoms with Gasteiger partial charge >= 0.3 is 166 Å². The maximum atomic E-state index is 9.53. The summed E-state index contributed by atoms with van der Waals surface area (Å²) in [6.07, 6.45) is 3.31. The molecular formula is C37H41AsCl2N3O7. The fraction of sp³-hybridized carbons (Fsp3) is 0.351. The molecule has 0 fully saturated rings. The standard InChI is InChI=1S/C37H41AsCl2N3O7/c1-24-27(5-2-6-31(24)32-7-3-8-34(37(32)40)48-10-4-9-38-14-30(47)21-46)23-50-36-13-35(49-22-26-11-25(15-41)16-42-17-26)28(12-33(36)39)18-43-29(19-44)20-45/h2-3,5-8,11-13,16-17,29-30,43-47H,4,9-10,14,18-23H2,1H3/t30-/m1/s1. The van der Waals surface area contributed by atoms with Gasteiger partial charge in [-0.2, -0.15) is 5.26 Å². The minimum absolute atomic E-state index is 0.0450. The molecule has 10 nitrogen and oxygen atoms in total. The molecule has 1 atom stereocenters. The SMILES string of the molecule is Cc1c(COc2cc(OCc3cncc(C#N)c3)c(CNC(CO)CO)cc2Cl)cccc1-c1cccc(OCCC[As]C[C@@H](O)CO)c1Cl. The van der Waals surface area contributed by atoms with Gasteiger partial charge in [-0.15, -0.1) is 0 Å². The van der Waals surface area contributed by atoms with E-state index in [0.29, 0.717) is 55.8 Å². The van der Waals surface area contributed by atoms with Gasteiger partial charge in [-0.25, -0.2) is 0 Å². The van der Waals surface area contributed by atoms with Crippen LogP contribution in [0.2, 0.25) is 20.5 Å². The van der Waals surface area contributed by atoms with Gasteiger partial charge in [-0.05, 0) is 12.1 Å². The first-order chi connectivity index (χ1) is 24.3. The summed E-state index contributed by atoms with van der Waals surface area (Å²) in [5, 5.41) is 52.4. The number of rotatable bonds is 20. The van der Waals surface area contributed by atoms with E-state index in [0.717, 1.165) is 33.9 Å². The molecule has 0 aliphatic heterocycles. The summed E-state index contributed by atoms with van der Waals surface area (Å²) < 4.78 is 18.4. The van der Waals surface area contributed by atoms with Crippen LogP contribution >= 0.6 is 23.2 Å². The van der Waals surface area contributed by atoms with Crippen LogP contribution in [0.1, 0.15) is 34.2 Å². The first-order valence-corrected chi connectivity index (χ1v) is 19.5. The van der Waals surface area contributed by atoms with Gasteiger partial charge in [-0.1, -0.05) is 11.6 Å². The van der Waals surface area contributed by atoms with Crippen LogP contribution in [0.25, 0.3) is 11.1 Å². The molecule has 0 aliphatic rings. The number of nitriles is 1. The number of pyridine rings is 1. The Morgan fingerprint density at radius 3 is 2.40 bits per heavy atom. The third kappa shape index (κ3) is 11.3. The Labute approximate surface area is 309 Å². The second-order valence-corrected chi connectivity index (χ2v) is 14.9. The van der Waals surface area contributed by atoms with Gasteiger partial charge in [-0.3, -0.25) is 4.98 Å². The first kappa shape index (κ1) is 39.4. The van der Waals surface area contributed by atoms with Gasteiger partial charge in [0.1, 0.15) is 24.2 Å². The maximum absolute atomic E-state index is 9.53. The average molecular weight is 786 g/mol. The number of hydrogen-bond acceptors (Lipinski definition) is 10. The first-order valence-electron chi connectivity index (χ1n) is 16.1. The number of aliphatic hydroxyl groups excluding tert-OH is 4. The van der Waals surface area contributed by atoms with Crippen LogP contribution in [0, 0.1) is 18.3 Å². The van der Waals surface area contributed by atoms with Crippen molar-refractivity contribution in [2.24, 2.45) is 0 Å². The van der Waals surface area contributed by atoms with Crippen molar-refractivity contribution < 1.29 is 34.6 Å². The number of nitrogens with zero attached hydrogens (tertiary/aromatic N) is 2. The zero-order valence-electron chi connectivity index (χ0n) is 27.7. The van der Waals surface area contributed by atoms with E-state index in [1.54, 1.807) is 24.4 Å². The molecule has 1 aromatic heterocycles. The van der Waals surface area contributed by atoms with Crippen molar-refractivity contribution in [2.75, 3.05) is 26.4 Å². The predicted molar refractivity (Wildman–Crippen MR) is 194 cm³/mol. The van der Waals surface area contributed by atoms with Crippen LogP contribution in [0.15, 0.2) is 67.0 Å². The third-order valence-electron chi connectivity index (χ3n) is 7.81. The zero-order valence-corrected chi connectivity index (χ0v) is 31.1. The molecule has 13 heteroatoms. The van der Waals surface area contributed by atoms with E-state index in [1.807, 2.05) is 43.3 Å². The molecule has 0 saturated heterocycles. The Kier molecular flexibility index (Phi) is 16.1. The van der Waals surface area contributed by atoms with Crippen LogP contribution in [-0.4, -0.2) is 79.7 Å². The van der Waals surface area contributed by atoms with Crippen LogP contribution in [-0.2, 0) is 19.8 Å². The zero-order chi connectivity index (χ0) is 35.9. The number of aromatic nitrogens is 1. The van der Waals surface area contributed by atoms with Gasteiger partial charge in [0.15, 0.2) is 0 Å². The molecule has 0 unspecified atom stereocenters. The molecule has 3 aromatic carbocycles. The minimum atomic E-state index is -0.634. The Morgan fingerprint density at radius 2 is 1.64 bits per heavy atom. The summed E-state index contributed by atoms with van der Waals surface area (Å²) in [4.78, 5) is 4.10. The summed E-state index contributed by atoms with van der Waals surface area (Å²) in [6, 6.07) is 18.3. The van der Waals surface area contributed by atoms with Crippen molar-refractivity contribution in [1.82, 2.24) is 10.3 Å². The number of halogens is 2. The molecule has 50 heavy (non-hydrogen) atoms. The number of ether oxygens (including phenoxy) is 3. The molecule has 4 rings (SSSR count). The normalized spacial score (nSPS) is 12.0. The average Bonchev–Trinajstić information content (AvgIpc) is 3.13. The van der Waals surface area contributed by atoms with E-state index in [1.165, 1.54) is 6.20 Å². The van der Waals surface area contributed by atoms with E-state index < -0.39 is 12.1 Å². The topological polar surface area (TPSA) is 157 Å². The van der Waals surface area contributed by atoms with Crippen molar-refractivity contribution in [3.63, 3.8) is 0 Å². The molecule has 0 saturated carbocycles. The molecule has 0 bridgehead atoms. The monoisotopic (exact) mass is 784 g/mol. The molecule has 0 spiro atoms. The number of hydrogen-bond donors (Lipinski definition) is 5. The van der Waals surface area contributed by atoms with Crippen molar-refractivity contribution in [1.29, 1.82) is 5.26 Å². The molecule has 1 radical (unpaired) electrons. The number of aliphatic hydroxyl groups is 4. The quantitative estimate of drug-likeness (QED) is 0.0573. The van der Waals surface area contributed by atoms with Gasteiger partial charge < -0.3 is 20.3 Å². The number of benzene rings is 3. The Bertz CT molecular complexity index is 1740. The van der Waals surface area contributed by atoms with E-state index in [4.69, 9.17) is 42.5 Å². The summed E-state index contributed by atoms with van der Waals surface area (Å²) in [5.41, 5.74) is 5.51. The van der Waals surface area contributed by atoms with Crippen LogP contribution in [0.5, 0.6) is 17.2 Å². The van der Waals surface area contributed by atoms with Gasteiger partial charge in [0.2, 0.25) is 0 Å². The van der Waals surface area contributed by atoms with Crippen molar-refractivity contribution in [3.05, 3.63) is 105 Å². The molecule has 4 aromatic rings. The van der Waals surface area contributed by atoms with Gasteiger partial charge in [0.05, 0.1) is 29.8 Å². The van der Waals surface area contributed by atoms with Crippen LogP contribution < -0.4 is 19.5 Å². The molecule has 0 aliphatic carbocycles. The predicted octanol–water partition coefficient (Wildman–Crippen LogP) is 5.50. The van der Waals surface area contributed by atoms with E-state index in [2.05, 4.69) is 16.4 Å². The van der Waals surface area contributed by atoms with Crippen LogP contribution in [0.4, 0.5) is 0 Å². The molecule has 1 heterocycles. The van der Waals surface area contributed by atoms with Crippen molar-refractivity contribution in [3.8, 4) is 34.4 Å².